The van der Waals surface area contributed by atoms with Crippen LogP contribution in [0.1, 0.15) is 52.4 Å². The molecule has 0 aromatic carbocycles. The standard InChI is InChI=1S/C15H30N2S/c1-3-18-12-11-17-13-15(8-5-4-6-9-15)16-10-7-14(17)2/h14,16H,3-13H2,1-2H3. The molecule has 1 saturated heterocycles. The Morgan fingerprint density at radius 2 is 2.06 bits per heavy atom. The summed E-state index contributed by atoms with van der Waals surface area (Å²) in [6.45, 7) is 8.47. The molecule has 1 aliphatic carbocycles. The number of rotatable bonds is 4. The average molecular weight is 270 g/mol. The molecule has 3 heteroatoms. The second-order valence-corrected chi connectivity index (χ2v) is 7.47. The van der Waals surface area contributed by atoms with Gasteiger partial charge in [-0.2, -0.15) is 11.8 Å². The molecule has 2 aliphatic rings. The van der Waals surface area contributed by atoms with Gasteiger partial charge in [-0.1, -0.05) is 26.2 Å². The Morgan fingerprint density at radius 1 is 1.28 bits per heavy atom. The third-order valence-corrected chi connectivity index (χ3v) is 5.61. The molecule has 18 heavy (non-hydrogen) atoms. The van der Waals surface area contributed by atoms with Crippen molar-refractivity contribution in [3.8, 4) is 0 Å². The molecule has 0 amide bonds. The Kier molecular flexibility index (Phi) is 5.84. The van der Waals surface area contributed by atoms with Gasteiger partial charge in [0.1, 0.15) is 0 Å². The molecule has 0 aromatic heterocycles. The largest absolute Gasteiger partial charge is 0.310 e. The molecular weight excluding hydrogens is 240 g/mol. The number of nitrogens with one attached hydrogen (secondary N) is 1. The maximum absolute atomic E-state index is 3.90. The fraction of sp³-hybridized carbons (Fsp3) is 1.00. The van der Waals surface area contributed by atoms with Gasteiger partial charge >= 0.3 is 0 Å². The lowest BCUT2D eigenvalue weighted by Crippen LogP contribution is -2.53. The van der Waals surface area contributed by atoms with Crippen molar-refractivity contribution in [3.63, 3.8) is 0 Å². The SMILES string of the molecule is CCSCCN1CC2(CCCCC2)NCCC1C. The van der Waals surface area contributed by atoms with Crippen LogP contribution in [0.25, 0.3) is 0 Å². The molecular formula is C15H30N2S. The van der Waals surface area contributed by atoms with Gasteiger partial charge < -0.3 is 5.32 Å². The summed E-state index contributed by atoms with van der Waals surface area (Å²) in [6.07, 6.45) is 8.43. The van der Waals surface area contributed by atoms with Gasteiger partial charge in [-0.3, -0.25) is 4.90 Å². The molecule has 1 atom stereocenters. The van der Waals surface area contributed by atoms with Crippen molar-refractivity contribution < 1.29 is 0 Å². The lowest BCUT2D eigenvalue weighted by atomic mass is 9.81. The number of hydrogen-bond acceptors (Lipinski definition) is 3. The normalized spacial score (nSPS) is 29.3. The van der Waals surface area contributed by atoms with Crippen LogP contribution in [-0.2, 0) is 0 Å². The molecule has 0 radical (unpaired) electrons. The Morgan fingerprint density at radius 3 is 2.78 bits per heavy atom. The summed E-state index contributed by atoms with van der Waals surface area (Å²) in [6, 6.07) is 0.760. The minimum atomic E-state index is 0.458. The first kappa shape index (κ1) is 14.7. The molecule has 1 aliphatic heterocycles. The topological polar surface area (TPSA) is 15.3 Å². The van der Waals surface area contributed by atoms with E-state index in [2.05, 4.69) is 35.8 Å². The van der Waals surface area contributed by atoms with E-state index in [4.69, 9.17) is 0 Å². The van der Waals surface area contributed by atoms with Crippen molar-refractivity contribution in [1.29, 1.82) is 0 Å². The molecule has 1 heterocycles. The number of nitrogens with zero attached hydrogens (tertiary/aromatic N) is 1. The molecule has 2 nitrogen and oxygen atoms in total. The van der Waals surface area contributed by atoms with Gasteiger partial charge in [-0.05, 0) is 38.5 Å². The van der Waals surface area contributed by atoms with E-state index in [0.717, 1.165) is 6.04 Å². The predicted octanol–water partition coefficient (Wildman–Crippen LogP) is 3.13. The molecule has 1 unspecified atom stereocenters. The van der Waals surface area contributed by atoms with E-state index >= 15 is 0 Å². The molecule has 1 spiro atoms. The van der Waals surface area contributed by atoms with Crippen LogP contribution in [0.15, 0.2) is 0 Å². The minimum Gasteiger partial charge on any atom is -0.310 e. The highest BCUT2D eigenvalue weighted by Gasteiger charge is 2.36. The molecule has 106 valence electrons. The molecule has 1 N–H and O–H groups in total. The zero-order valence-corrected chi connectivity index (χ0v) is 13.0. The first-order chi connectivity index (χ1) is 8.76. The maximum Gasteiger partial charge on any atom is 0.0308 e. The van der Waals surface area contributed by atoms with Gasteiger partial charge in [0.25, 0.3) is 0 Å². The summed E-state index contributed by atoms with van der Waals surface area (Å²) in [5, 5.41) is 3.90. The third-order valence-electron chi connectivity index (χ3n) is 4.73. The molecule has 2 fully saturated rings. The number of hydrogen-bond donors (Lipinski definition) is 1. The monoisotopic (exact) mass is 270 g/mol. The van der Waals surface area contributed by atoms with Gasteiger partial charge in [0.15, 0.2) is 0 Å². The molecule has 2 rings (SSSR count). The van der Waals surface area contributed by atoms with E-state index in [0.29, 0.717) is 5.54 Å². The highest BCUT2D eigenvalue weighted by Crippen LogP contribution is 2.31. The maximum atomic E-state index is 3.90. The van der Waals surface area contributed by atoms with E-state index in [-0.39, 0.29) is 0 Å². The Bertz CT molecular complexity index is 239. The van der Waals surface area contributed by atoms with Crippen LogP contribution in [0.4, 0.5) is 0 Å². The fourth-order valence-corrected chi connectivity index (χ4v) is 4.17. The van der Waals surface area contributed by atoms with Gasteiger partial charge in [-0.25, -0.2) is 0 Å². The van der Waals surface area contributed by atoms with Crippen LogP contribution in [0, 0.1) is 0 Å². The Labute approximate surface area is 117 Å². The number of thioether (sulfide) groups is 1. The van der Waals surface area contributed by atoms with Crippen molar-refractivity contribution in [3.05, 3.63) is 0 Å². The lowest BCUT2D eigenvalue weighted by molar-refractivity contribution is 0.144. The van der Waals surface area contributed by atoms with Crippen molar-refractivity contribution in [1.82, 2.24) is 10.2 Å². The van der Waals surface area contributed by atoms with Crippen molar-refractivity contribution in [2.24, 2.45) is 0 Å². The molecule has 0 bridgehead atoms. The molecule has 0 aromatic rings. The van der Waals surface area contributed by atoms with Gasteiger partial charge in [-0.15, -0.1) is 0 Å². The zero-order chi connectivity index (χ0) is 12.8. The van der Waals surface area contributed by atoms with Crippen LogP contribution in [0.2, 0.25) is 0 Å². The summed E-state index contributed by atoms with van der Waals surface area (Å²) in [5.74, 6) is 2.56. The minimum absolute atomic E-state index is 0.458. The predicted molar refractivity (Wildman–Crippen MR) is 82.5 cm³/mol. The van der Waals surface area contributed by atoms with Crippen LogP contribution in [0.3, 0.4) is 0 Å². The van der Waals surface area contributed by atoms with E-state index < -0.39 is 0 Å². The summed E-state index contributed by atoms with van der Waals surface area (Å²) < 4.78 is 0. The van der Waals surface area contributed by atoms with Crippen molar-refractivity contribution in [2.45, 2.75) is 64.0 Å². The van der Waals surface area contributed by atoms with Crippen LogP contribution < -0.4 is 5.32 Å². The van der Waals surface area contributed by atoms with Crippen LogP contribution in [0.5, 0.6) is 0 Å². The van der Waals surface area contributed by atoms with E-state index in [1.165, 1.54) is 69.7 Å². The van der Waals surface area contributed by atoms with E-state index in [1.807, 2.05) is 0 Å². The van der Waals surface area contributed by atoms with Gasteiger partial charge in [0.05, 0.1) is 0 Å². The van der Waals surface area contributed by atoms with E-state index in [1.54, 1.807) is 0 Å². The first-order valence-corrected chi connectivity index (χ1v) is 8.98. The van der Waals surface area contributed by atoms with Gasteiger partial charge in [0.2, 0.25) is 0 Å². The second kappa shape index (κ2) is 7.16. The average Bonchev–Trinajstić information content (AvgIpc) is 2.52. The van der Waals surface area contributed by atoms with Crippen LogP contribution in [-0.4, -0.2) is 47.6 Å². The molecule has 1 saturated carbocycles. The smallest absolute Gasteiger partial charge is 0.0308 e. The quantitative estimate of drug-likeness (QED) is 0.790. The Hall–Kier alpha value is 0.270. The van der Waals surface area contributed by atoms with Gasteiger partial charge in [0, 0.05) is 30.4 Å². The summed E-state index contributed by atoms with van der Waals surface area (Å²) in [5.41, 5.74) is 0.458. The first-order valence-electron chi connectivity index (χ1n) is 7.82. The van der Waals surface area contributed by atoms with Crippen LogP contribution >= 0.6 is 11.8 Å². The van der Waals surface area contributed by atoms with E-state index in [9.17, 15) is 0 Å². The second-order valence-electron chi connectivity index (χ2n) is 6.07. The highest BCUT2D eigenvalue weighted by atomic mass is 32.2. The highest BCUT2D eigenvalue weighted by molar-refractivity contribution is 7.99. The van der Waals surface area contributed by atoms with Crippen molar-refractivity contribution >= 4 is 11.8 Å². The van der Waals surface area contributed by atoms with Crippen molar-refractivity contribution in [2.75, 3.05) is 31.1 Å². The third kappa shape index (κ3) is 3.88. The summed E-state index contributed by atoms with van der Waals surface area (Å²) in [7, 11) is 0. The zero-order valence-electron chi connectivity index (χ0n) is 12.2. The fourth-order valence-electron chi connectivity index (χ4n) is 3.52. The Balaban J connectivity index is 1.93. The lowest BCUT2D eigenvalue weighted by Gasteiger charge is -2.41. The summed E-state index contributed by atoms with van der Waals surface area (Å²) >= 11 is 2.08. The summed E-state index contributed by atoms with van der Waals surface area (Å²) in [4.78, 5) is 2.76.